The molecule has 12 heavy (non-hydrogen) atoms. The number of hydrogen-bond donors (Lipinski definition) is 1. The van der Waals surface area contributed by atoms with Gasteiger partial charge in [-0.1, -0.05) is 0 Å². The summed E-state index contributed by atoms with van der Waals surface area (Å²) < 4.78 is 0.732. The van der Waals surface area contributed by atoms with E-state index < -0.39 is 0 Å². The van der Waals surface area contributed by atoms with Crippen LogP contribution in [-0.4, -0.2) is 17.4 Å². The number of aromatic nitrogens is 1. The topological polar surface area (TPSA) is 42.0 Å². The van der Waals surface area contributed by atoms with Gasteiger partial charge in [0.2, 0.25) is 0 Å². The van der Waals surface area contributed by atoms with Crippen LogP contribution in [0.2, 0.25) is 0 Å². The number of hydrogen-bond acceptors (Lipinski definition) is 2. The van der Waals surface area contributed by atoms with Crippen molar-refractivity contribution in [3.05, 3.63) is 28.5 Å². The molecule has 0 unspecified atom stereocenters. The van der Waals surface area contributed by atoms with Gasteiger partial charge in [0.05, 0.1) is 5.56 Å². The molecule has 1 amide bonds. The van der Waals surface area contributed by atoms with Gasteiger partial charge >= 0.3 is 0 Å². The Bertz CT molecular complexity index is 271. The first-order chi connectivity index (χ1) is 5.74. The van der Waals surface area contributed by atoms with Crippen molar-refractivity contribution in [3.63, 3.8) is 0 Å². The highest BCUT2D eigenvalue weighted by molar-refractivity contribution is 9.10. The maximum atomic E-state index is 11.2. The molecule has 0 saturated carbocycles. The second-order valence-electron chi connectivity index (χ2n) is 2.23. The van der Waals surface area contributed by atoms with E-state index in [-0.39, 0.29) is 5.91 Å². The Balaban J connectivity index is 2.75. The predicted octanol–water partition coefficient (Wildman–Crippen LogP) is 1.59. The van der Waals surface area contributed by atoms with E-state index in [0.717, 1.165) is 4.60 Å². The normalized spacial score (nSPS) is 9.50. The first kappa shape index (κ1) is 9.19. The van der Waals surface area contributed by atoms with Crippen LogP contribution in [0.3, 0.4) is 0 Å². The summed E-state index contributed by atoms with van der Waals surface area (Å²) in [5.41, 5.74) is 0.583. The Morgan fingerprint density at radius 2 is 2.42 bits per heavy atom. The first-order valence-corrected chi connectivity index (χ1v) is 4.43. The fourth-order valence-electron chi connectivity index (χ4n) is 0.773. The molecule has 0 aliphatic heterocycles. The zero-order valence-corrected chi connectivity index (χ0v) is 8.26. The largest absolute Gasteiger partial charge is 0.352 e. The van der Waals surface area contributed by atoms with Gasteiger partial charge in [-0.2, -0.15) is 0 Å². The molecule has 1 rings (SSSR count). The highest BCUT2D eigenvalue weighted by Crippen LogP contribution is 2.05. The van der Waals surface area contributed by atoms with E-state index in [0.29, 0.717) is 12.1 Å². The first-order valence-electron chi connectivity index (χ1n) is 3.63. The van der Waals surface area contributed by atoms with Gasteiger partial charge in [-0.15, -0.1) is 0 Å². The highest BCUT2D eigenvalue weighted by Gasteiger charge is 2.02. The van der Waals surface area contributed by atoms with E-state index in [4.69, 9.17) is 0 Å². The van der Waals surface area contributed by atoms with Crippen LogP contribution in [-0.2, 0) is 0 Å². The molecule has 0 aliphatic rings. The van der Waals surface area contributed by atoms with Gasteiger partial charge in [0, 0.05) is 12.7 Å². The van der Waals surface area contributed by atoms with Crippen LogP contribution in [0.1, 0.15) is 17.3 Å². The van der Waals surface area contributed by atoms with Crippen LogP contribution in [0.5, 0.6) is 0 Å². The molecule has 1 N–H and O–H groups in total. The SMILES string of the molecule is CCNC(=O)c1ccc(Br)nc1. The van der Waals surface area contributed by atoms with Crippen molar-refractivity contribution in [3.8, 4) is 0 Å². The van der Waals surface area contributed by atoms with E-state index in [1.807, 2.05) is 6.92 Å². The number of nitrogens with zero attached hydrogens (tertiary/aromatic N) is 1. The molecule has 3 nitrogen and oxygen atoms in total. The van der Waals surface area contributed by atoms with Crippen LogP contribution >= 0.6 is 15.9 Å². The van der Waals surface area contributed by atoms with Crippen molar-refractivity contribution < 1.29 is 4.79 Å². The van der Waals surface area contributed by atoms with Crippen molar-refractivity contribution >= 4 is 21.8 Å². The Labute approximate surface area is 79.3 Å². The zero-order chi connectivity index (χ0) is 8.97. The molecule has 1 aromatic rings. The standard InChI is InChI=1S/C8H9BrN2O/c1-2-10-8(12)6-3-4-7(9)11-5-6/h3-5H,2H2,1H3,(H,10,12). The molecule has 64 valence electrons. The second-order valence-corrected chi connectivity index (χ2v) is 3.04. The summed E-state index contributed by atoms with van der Waals surface area (Å²) in [7, 11) is 0. The van der Waals surface area contributed by atoms with E-state index in [2.05, 4.69) is 26.2 Å². The third-order valence-electron chi connectivity index (χ3n) is 1.33. The smallest absolute Gasteiger partial charge is 0.252 e. The number of carbonyl (C=O) groups is 1. The zero-order valence-electron chi connectivity index (χ0n) is 6.67. The maximum absolute atomic E-state index is 11.2. The number of pyridine rings is 1. The van der Waals surface area contributed by atoms with Crippen molar-refractivity contribution in [1.82, 2.24) is 10.3 Å². The Morgan fingerprint density at radius 1 is 1.67 bits per heavy atom. The molecule has 0 aromatic carbocycles. The molecular weight excluding hydrogens is 220 g/mol. The van der Waals surface area contributed by atoms with E-state index in [1.54, 1.807) is 12.1 Å². The molecule has 0 saturated heterocycles. The van der Waals surface area contributed by atoms with Crippen molar-refractivity contribution in [1.29, 1.82) is 0 Å². The molecule has 4 heteroatoms. The number of halogens is 1. The molecule has 0 atom stereocenters. The maximum Gasteiger partial charge on any atom is 0.252 e. The van der Waals surface area contributed by atoms with Gasteiger partial charge < -0.3 is 5.32 Å². The Morgan fingerprint density at radius 3 is 2.92 bits per heavy atom. The number of rotatable bonds is 2. The van der Waals surface area contributed by atoms with Gasteiger partial charge in [-0.25, -0.2) is 4.98 Å². The minimum Gasteiger partial charge on any atom is -0.352 e. The summed E-state index contributed by atoms with van der Waals surface area (Å²) in [5.74, 6) is -0.0856. The molecule has 0 spiro atoms. The summed E-state index contributed by atoms with van der Waals surface area (Å²) in [5, 5.41) is 2.69. The van der Waals surface area contributed by atoms with Crippen molar-refractivity contribution in [2.45, 2.75) is 6.92 Å². The van der Waals surface area contributed by atoms with Crippen LogP contribution < -0.4 is 5.32 Å². The van der Waals surface area contributed by atoms with Gasteiger partial charge in [0.15, 0.2) is 0 Å². The Kier molecular flexibility index (Phi) is 3.22. The van der Waals surface area contributed by atoms with E-state index in [1.165, 1.54) is 6.20 Å². The lowest BCUT2D eigenvalue weighted by Crippen LogP contribution is -2.22. The lowest BCUT2D eigenvalue weighted by Gasteiger charge is -2.00. The quantitative estimate of drug-likeness (QED) is 0.782. The van der Waals surface area contributed by atoms with Gasteiger partial charge in [0.1, 0.15) is 4.60 Å². The van der Waals surface area contributed by atoms with Crippen molar-refractivity contribution in [2.24, 2.45) is 0 Å². The van der Waals surface area contributed by atoms with Crippen LogP contribution in [0.4, 0.5) is 0 Å². The summed E-state index contributed by atoms with van der Waals surface area (Å²) >= 11 is 3.19. The van der Waals surface area contributed by atoms with Crippen LogP contribution in [0.15, 0.2) is 22.9 Å². The summed E-state index contributed by atoms with van der Waals surface area (Å²) in [6.07, 6.45) is 1.54. The molecule has 0 bridgehead atoms. The molecular formula is C8H9BrN2O. The predicted molar refractivity (Wildman–Crippen MR) is 49.9 cm³/mol. The highest BCUT2D eigenvalue weighted by atomic mass is 79.9. The average Bonchev–Trinajstić information content (AvgIpc) is 2.06. The summed E-state index contributed by atoms with van der Waals surface area (Å²) in [4.78, 5) is 15.1. The second kappa shape index (κ2) is 4.21. The van der Waals surface area contributed by atoms with Gasteiger partial charge in [0.25, 0.3) is 5.91 Å². The fraction of sp³-hybridized carbons (Fsp3) is 0.250. The molecule has 0 radical (unpaired) electrons. The number of nitrogens with one attached hydrogen (secondary N) is 1. The van der Waals surface area contributed by atoms with Gasteiger partial charge in [-0.05, 0) is 35.0 Å². The minimum atomic E-state index is -0.0856. The molecule has 0 aliphatic carbocycles. The summed E-state index contributed by atoms with van der Waals surface area (Å²) in [6, 6.07) is 3.46. The molecule has 1 aromatic heterocycles. The third-order valence-corrected chi connectivity index (χ3v) is 1.80. The van der Waals surface area contributed by atoms with Crippen molar-refractivity contribution in [2.75, 3.05) is 6.54 Å². The summed E-state index contributed by atoms with van der Waals surface area (Å²) in [6.45, 7) is 2.51. The lowest BCUT2D eigenvalue weighted by molar-refractivity contribution is 0.0955. The Hall–Kier alpha value is -0.900. The molecule has 0 fully saturated rings. The monoisotopic (exact) mass is 228 g/mol. The lowest BCUT2D eigenvalue weighted by atomic mass is 10.3. The van der Waals surface area contributed by atoms with Gasteiger partial charge in [-0.3, -0.25) is 4.79 Å². The number of amides is 1. The van der Waals surface area contributed by atoms with Crippen LogP contribution in [0.25, 0.3) is 0 Å². The fourth-order valence-corrected chi connectivity index (χ4v) is 1.01. The van der Waals surface area contributed by atoms with E-state index >= 15 is 0 Å². The van der Waals surface area contributed by atoms with Crippen LogP contribution in [0, 0.1) is 0 Å². The average molecular weight is 229 g/mol. The minimum absolute atomic E-state index is 0.0856. The third kappa shape index (κ3) is 2.30. The number of carbonyl (C=O) groups excluding carboxylic acids is 1. The molecule has 1 heterocycles. The van der Waals surface area contributed by atoms with E-state index in [9.17, 15) is 4.79 Å².